The topological polar surface area (TPSA) is 48.0 Å². The summed E-state index contributed by atoms with van der Waals surface area (Å²) < 4.78 is 17.1. The Labute approximate surface area is 218 Å². The third-order valence-electron chi connectivity index (χ3n) is 7.15. The van der Waals surface area contributed by atoms with Crippen LogP contribution in [-0.2, 0) is 0 Å². The van der Waals surface area contributed by atoms with Gasteiger partial charge in [-0.2, -0.15) is 0 Å². The van der Waals surface area contributed by atoms with Gasteiger partial charge in [0.15, 0.2) is 6.29 Å². The van der Waals surface area contributed by atoms with E-state index in [0.717, 1.165) is 76.2 Å². The van der Waals surface area contributed by atoms with E-state index in [4.69, 9.17) is 14.2 Å². The summed E-state index contributed by atoms with van der Waals surface area (Å²) in [7, 11) is 3.33. The standard InChI is InChI=1S/C32H33NO4/c1-35-27-10-8-23-18-25(7-6-24(23)19-27)30-13-12-28(36-2)20-32(30)31-21-29(11-9-26(31)22-34)37-17-16-33-14-4-3-5-15-33/h6-13,18-22H,3-5,14-17H2,1-2H3. The van der Waals surface area contributed by atoms with Crippen molar-refractivity contribution in [2.24, 2.45) is 0 Å². The molecule has 0 unspecified atom stereocenters. The Hall–Kier alpha value is -3.83. The van der Waals surface area contributed by atoms with E-state index in [1.54, 1.807) is 14.2 Å². The highest BCUT2D eigenvalue weighted by Crippen LogP contribution is 2.39. The number of fused-ring (bicyclic) bond motifs is 1. The lowest BCUT2D eigenvalue weighted by molar-refractivity contribution is 0.112. The number of hydrogen-bond acceptors (Lipinski definition) is 5. The van der Waals surface area contributed by atoms with Crippen LogP contribution in [0.15, 0.2) is 72.8 Å². The average Bonchev–Trinajstić information content (AvgIpc) is 2.96. The molecule has 1 aliphatic heterocycles. The fourth-order valence-corrected chi connectivity index (χ4v) is 5.08. The molecule has 1 heterocycles. The second kappa shape index (κ2) is 11.5. The number of carbonyl (C=O) groups is 1. The van der Waals surface area contributed by atoms with Gasteiger partial charge in [-0.25, -0.2) is 0 Å². The van der Waals surface area contributed by atoms with E-state index >= 15 is 0 Å². The predicted molar refractivity (Wildman–Crippen MR) is 149 cm³/mol. The molecule has 0 atom stereocenters. The van der Waals surface area contributed by atoms with Crippen LogP contribution in [0, 0.1) is 0 Å². The van der Waals surface area contributed by atoms with Crippen LogP contribution < -0.4 is 14.2 Å². The van der Waals surface area contributed by atoms with Crippen LogP contribution >= 0.6 is 0 Å². The predicted octanol–water partition coefficient (Wildman–Crippen LogP) is 6.87. The van der Waals surface area contributed by atoms with Gasteiger partial charge in [-0.1, -0.05) is 30.7 Å². The molecule has 0 N–H and O–H groups in total. The number of methoxy groups -OCH3 is 2. The molecular formula is C32H33NO4. The molecule has 0 amide bonds. The van der Waals surface area contributed by atoms with Crippen molar-refractivity contribution in [3.8, 4) is 39.5 Å². The van der Waals surface area contributed by atoms with Gasteiger partial charge in [-0.05, 0) is 107 Å². The van der Waals surface area contributed by atoms with E-state index < -0.39 is 0 Å². The van der Waals surface area contributed by atoms with Gasteiger partial charge in [0.25, 0.3) is 0 Å². The van der Waals surface area contributed by atoms with Crippen LogP contribution in [0.2, 0.25) is 0 Å². The third kappa shape index (κ3) is 5.62. The Bertz CT molecular complexity index is 1390. The number of aldehydes is 1. The van der Waals surface area contributed by atoms with Crippen LogP contribution in [0.1, 0.15) is 29.6 Å². The van der Waals surface area contributed by atoms with Gasteiger partial charge >= 0.3 is 0 Å². The molecule has 0 saturated carbocycles. The van der Waals surface area contributed by atoms with Crippen molar-refractivity contribution < 1.29 is 19.0 Å². The zero-order valence-electron chi connectivity index (χ0n) is 21.5. The van der Waals surface area contributed by atoms with E-state index in [1.807, 2.05) is 42.5 Å². The molecule has 5 rings (SSSR count). The SMILES string of the molecule is COc1ccc(-c2ccc3cc(OC)ccc3c2)c(-c2cc(OCCN3CCCCC3)ccc2C=O)c1. The summed E-state index contributed by atoms with van der Waals surface area (Å²) in [4.78, 5) is 14.5. The van der Waals surface area contributed by atoms with E-state index in [9.17, 15) is 4.79 Å². The van der Waals surface area contributed by atoms with Gasteiger partial charge in [0.2, 0.25) is 0 Å². The molecule has 5 nitrogen and oxygen atoms in total. The first-order valence-electron chi connectivity index (χ1n) is 12.9. The van der Waals surface area contributed by atoms with Crippen LogP contribution in [0.4, 0.5) is 0 Å². The summed E-state index contributed by atoms with van der Waals surface area (Å²) in [5.74, 6) is 2.33. The van der Waals surface area contributed by atoms with E-state index in [-0.39, 0.29) is 0 Å². The molecule has 4 aromatic carbocycles. The van der Waals surface area contributed by atoms with Crippen molar-refractivity contribution in [1.82, 2.24) is 4.90 Å². The smallest absolute Gasteiger partial charge is 0.150 e. The molecule has 0 aromatic heterocycles. The Balaban J connectivity index is 1.50. The molecule has 4 aromatic rings. The molecule has 0 aliphatic carbocycles. The average molecular weight is 496 g/mol. The van der Waals surface area contributed by atoms with E-state index in [2.05, 4.69) is 35.2 Å². The molecule has 190 valence electrons. The van der Waals surface area contributed by atoms with Gasteiger partial charge in [-0.3, -0.25) is 9.69 Å². The van der Waals surface area contributed by atoms with Gasteiger partial charge < -0.3 is 14.2 Å². The van der Waals surface area contributed by atoms with Crippen molar-refractivity contribution in [2.75, 3.05) is 40.5 Å². The minimum absolute atomic E-state index is 0.614. The second-order valence-corrected chi connectivity index (χ2v) is 9.46. The molecule has 1 aliphatic rings. The Kier molecular flexibility index (Phi) is 7.71. The van der Waals surface area contributed by atoms with Gasteiger partial charge in [0, 0.05) is 12.1 Å². The quantitative estimate of drug-likeness (QED) is 0.237. The van der Waals surface area contributed by atoms with Crippen LogP contribution in [-0.4, -0.2) is 51.6 Å². The van der Waals surface area contributed by atoms with Gasteiger partial charge in [-0.15, -0.1) is 0 Å². The van der Waals surface area contributed by atoms with Crippen molar-refractivity contribution in [3.05, 3.63) is 78.4 Å². The van der Waals surface area contributed by atoms with Crippen LogP contribution in [0.25, 0.3) is 33.0 Å². The first-order chi connectivity index (χ1) is 18.2. The first-order valence-corrected chi connectivity index (χ1v) is 12.9. The molecule has 1 fully saturated rings. The number of carbonyl (C=O) groups excluding carboxylic acids is 1. The molecule has 0 radical (unpaired) electrons. The van der Waals surface area contributed by atoms with Crippen molar-refractivity contribution in [3.63, 3.8) is 0 Å². The first kappa shape index (κ1) is 24.8. The Morgan fingerprint density at radius 1 is 0.703 bits per heavy atom. The zero-order valence-corrected chi connectivity index (χ0v) is 21.5. The molecule has 5 heteroatoms. The van der Waals surface area contributed by atoms with Crippen LogP contribution in [0.3, 0.4) is 0 Å². The van der Waals surface area contributed by atoms with Gasteiger partial charge in [0.05, 0.1) is 14.2 Å². The van der Waals surface area contributed by atoms with Crippen molar-refractivity contribution in [2.45, 2.75) is 19.3 Å². The Morgan fingerprint density at radius 3 is 2.16 bits per heavy atom. The fraction of sp³-hybridized carbons (Fsp3) is 0.281. The minimum Gasteiger partial charge on any atom is -0.497 e. The van der Waals surface area contributed by atoms with Crippen LogP contribution in [0.5, 0.6) is 17.2 Å². The van der Waals surface area contributed by atoms with Gasteiger partial charge in [0.1, 0.15) is 23.9 Å². The Morgan fingerprint density at radius 2 is 1.38 bits per heavy atom. The fourth-order valence-electron chi connectivity index (χ4n) is 5.08. The molecule has 37 heavy (non-hydrogen) atoms. The summed E-state index contributed by atoms with van der Waals surface area (Å²) in [6.45, 7) is 3.82. The number of rotatable bonds is 9. The number of piperidine rings is 1. The highest BCUT2D eigenvalue weighted by molar-refractivity contribution is 5.96. The monoisotopic (exact) mass is 495 g/mol. The summed E-state index contributed by atoms with van der Waals surface area (Å²) in [6, 6.07) is 24.1. The minimum atomic E-state index is 0.614. The number of ether oxygens (including phenoxy) is 3. The van der Waals surface area contributed by atoms with E-state index in [1.165, 1.54) is 19.3 Å². The van der Waals surface area contributed by atoms with E-state index in [0.29, 0.717) is 12.2 Å². The molecular weight excluding hydrogens is 462 g/mol. The number of hydrogen-bond donors (Lipinski definition) is 0. The zero-order chi connectivity index (χ0) is 25.6. The number of likely N-dealkylation sites (tertiary alicyclic amines) is 1. The number of benzene rings is 4. The van der Waals surface area contributed by atoms with Crippen molar-refractivity contribution >= 4 is 17.1 Å². The maximum atomic E-state index is 12.1. The molecule has 0 spiro atoms. The second-order valence-electron chi connectivity index (χ2n) is 9.46. The summed E-state index contributed by atoms with van der Waals surface area (Å²) in [6.07, 6.45) is 4.75. The molecule has 1 saturated heterocycles. The number of nitrogens with zero attached hydrogens (tertiary/aromatic N) is 1. The lowest BCUT2D eigenvalue weighted by Gasteiger charge is -2.26. The maximum Gasteiger partial charge on any atom is 0.150 e. The third-order valence-corrected chi connectivity index (χ3v) is 7.15. The van der Waals surface area contributed by atoms with Crippen molar-refractivity contribution in [1.29, 1.82) is 0 Å². The summed E-state index contributed by atoms with van der Waals surface area (Å²) in [5.41, 5.74) is 4.45. The maximum absolute atomic E-state index is 12.1. The highest BCUT2D eigenvalue weighted by Gasteiger charge is 2.15. The normalized spacial score (nSPS) is 13.9. The lowest BCUT2D eigenvalue weighted by Crippen LogP contribution is -2.33. The summed E-state index contributed by atoms with van der Waals surface area (Å²) >= 11 is 0. The largest absolute Gasteiger partial charge is 0.497 e. The highest BCUT2D eigenvalue weighted by atomic mass is 16.5. The molecule has 0 bridgehead atoms. The summed E-state index contributed by atoms with van der Waals surface area (Å²) in [5, 5.41) is 2.22. The lowest BCUT2D eigenvalue weighted by atomic mass is 9.90.